The zero-order valence-corrected chi connectivity index (χ0v) is 23.4. The molecule has 5 nitrogen and oxygen atoms in total. The van der Waals surface area contributed by atoms with Crippen molar-refractivity contribution in [1.29, 1.82) is 0 Å². The number of alkyl halides is 1. The SMILES string of the molecule is CCCCCCCCCOc1ncc(-c2cccc([C@H](CCC)C(=O)OC[C@@H](Cl)[C@@H](C)CC)c2)cn1. The number of aromatic nitrogens is 2. The quantitative estimate of drug-likeness (QED) is 0.113. The van der Waals surface area contributed by atoms with Gasteiger partial charge in [0.15, 0.2) is 0 Å². The summed E-state index contributed by atoms with van der Waals surface area (Å²) in [5, 5.41) is -0.170. The highest BCUT2D eigenvalue weighted by Crippen LogP contribution is 2.28. The smallest absolute Gasteiger partial charge is 0.316 e. The number of esters is 1. The third kappa shape index (κ3) is 10.5. The van der Waals surface area contributed by atoms with Gasteiger partial charge in [-0.25, -0.2) is 9.97 Å². The van der Waals surface area contributed by atoms with Gasteiger partial charge in [-0.15, -0.1) is 11.6 Å². The fourth-order valence-corrected chi connectivity index (χ4v) is 4.33. The molecular formula is C30H45ClN2O3. The van der Waals surface area contributed by atoms with Crippen LogP contribution in [0.15, 0.2) is 36.7 Å². The van der Waals surface area contributed by atoms with Gasteiger partial charge in [0.25, 0.3) is 0 Å². The Balaban J connectivity index is 1.93. The molecule has 1 aromatic carbocycles. The molecule has 0 bridgehead atoms. The van der Waals surface area contributed by atoms with Crippen molar-refractivity contribution >= 4 is 17.6 Å². The Morgan fingerprint density at radius 2 is 1.64 bits per heavy atom. The number of nitrogens with zero attached hydrogens (tertiary/aromatic N) is 2. The lowest BCUT2D eigenvalue weighted by Crippen LogP contribution is -2.23. The topological polar surface area (TPSA) is 61.3 Å². The van der Waals surface area contributed by atoms with Crippen LogP contribution in [0.2, 0.25) is 0 Å². The van der Waals surface area contributed by atoms with Gasteiger partial charge in [0, 0.05) is 18.0 Å². The van der Waals surface area contributed by atoms with E-state index in [1.54, 1.807) is 12.4 Å². The Labute approximate surface area is 223 Å². The van der Waals surface area contributed by atoms with Crippen LogP contribution in [0.4, 0.5) is 0 Å². The second-order valence-corrected chi connectivity index (χ2v) is 10.3. The average molecular weight is 517 g/mol. The number of rotatable bonds is 18. The molecule has 0 unspecified atom stereocenters. The molecule has 0 saturated heterocycles. The molecule has 0 spiro atoms. The van der Waals surface area contributed by atoms with E-state index in [-0.39, 0.29) is 23.9 Å². The van der Waals surface area contributed by atoms with Crippen LogP contribution in [0.1, 0.15) is 103 Å². The molecule has 0 fully saturated rings. The molecule has 0 aliphatic carbocycles. The highest BCUT2D eigenvalue weighted by atomic mass is 35.5. The molecule has 2 rings (SSSR count). The predicted molar refractivity (Wildman–Crippen MR) is 149 cm³/mol. The summed E-state index contributed by atoms with van der Waals surface area (Å²) in [6.45, 7) is 9.36. The van der Waals surface area contributed by atoms with Crippen molar-refractivity contribution in [3.63, 3.8) is 0 Å². The van der Waals surface area contributed by atoms with E-state index in [9.17, 15) is 4.79 Å². The molecule has 0 saturated carbocycles. The van der Waals surface area contributed by atoms with E-state index in [0.717, 1.165) is 42.4 Å². The summed E-state index contributed by atoms with van der Waals surface area (Å²) in [6, 6.07) is 8.40. The van der Waals surface area contributed by atoms with Crippen molar-refractivity contribution in [2.45, 2.75) is 103 Å². The first kappa shape index (κ1) is 30.1. The number of hydrogen-bond acceptors (Lipinski definition) is 5. The third-order valence-electron chi connectivity index (χ3n) is 6.74. The molecule has 6 heteroatoms. The van der Waals surface area contributed by atoms with E-state index in [1.807, 2.05) is 24.3 Å². The van der Waals surface area contributed by atoms with E-state index >= 15 is 0 Å². The van der Waals surface area contributed by atoms with Crippen molar-refractivity contribution in [2.75, 3.05) is 13.2 Å². The summed E-state index contributed by atoms with van der Waals surface area (Å²) in [5.74, 6) is -0.232. The molecule has 0 aliphatic rings. The van der Waals surface area contributed by atoms with E-state index in [4.69, 9.17) is 21.1 Å². The van der Waals surface area contributed by atoms with E-state index in [1.165, 1.54) is 38.5 Å². The second kappa shape index (κ2) is 17.3. The van der Waals surface area contributed by atoms with Gasteiger partial charge in [-0.1, -0.05) is 103 Å². The van der Waals surface area contributed by atoms with Crippen LogP contribution in [-0.2, 0) is 9.53 Å². The highest BCUT2D eigenvalue weighted by molar-refractivity contribution is 6.21. The van der Waals surface area contributed by atoms with Crippen LogP contribution >= 0.6 is 11.6 Å². The van der Waals surface area contributed by atoms with Crippen LogP contribution < -0.4 is 4.74 Å². The standard InChI is InChI=1S/C30H45ClN2O3/c1-5-8-9-10-11-12-13-18-35-30-32-20-26(21-33-30)24-16-14-17-25(19-24)27(15-6-2)29(34)36-22-28(31)23(4)7-3/h14,16-17,19-21,23,27-28H,5-13,15,18,22H2,1-4H3/t23-,27-,28+/m0/s1. The average Bonchev–Trinajstić information content (AvgIpc) is 2.91. The summed E-state index contributed by atoms with van der Waals surface area (Å²) in [6.07, 6.45) is 14.8. The van der Waals surface area contributed by atoms with Gasteiger partial charge in [-0.3, -0.25) is 4.79 Å². The first-order chi connectivity index (χ1) is 17.5. The van der Waals surface area contributed by atoms with Crippen molar-refractivity contribution in [2.24, 2.45) is 5.92 Å². The van der Waals surface area contributed by atoms with Gasteiger partial charge >= 0.3 is 12.0 Å². The van der Waals surface area contributed by atoms with Crippen molar-refractivity contribution in [1.82, 2.24) is 9.97 Å². The van der Waals surface area contributed by atoms with Gasteiger partial charge < -0.3 is 9.47 Å². The fourth-order valence-electron chi connectivity index (χ4n) is 4.09. The number of hydrogen-bond donors (Lipinski definition) is 0. The number of ether oxygens (including phenoxy) is 2. The second-order valence-electron chi connectivity index (χ2n) is 9.72. The Morgan fingerprint density at radius 1 is 0.944 bits per heavy atom. The summed E-state index contributed by atoms with van der Waals surface area (Å²) >= 11 is 6.39. The van der Waals surface area contributed by atoms with E-state index < -0.39 is 0 Å². The molecule has 1 aromatic heterocycles. The zero-order chi connectivity index (χ0) is 26.2. The lowest BCUT2D eigenvalue weighted by Gasteiger charge is -2.20. The number of unbranched alkanes of at least 4 members (excludes halogenated alkanes) is 6. The lowest BCUT2D eigenvalue weighted by atomic mass is 9.92. The van der Waals surface area contributed by atoms with Gasteiger partial charge in [-0.05, 0) is 29.9 Å². The Bertz CT molecular complexity index is 875. The normalized spacial score (nSPS) is 13.7. The summed E-state index contributed by atoms with van der Waals surface area (Å²) in [4.78, 5) is 21.7. The molecule has 0 amide bonds. The van der Waals surface area contributed by atoms with Crippen LogP contribution in [-0.4, -0.2) is 34.5 Å². The first-order valence-corrected chi connectivity index (χ1v) is 14.3. The molecule has 0 radical (unpaired) electrons. The van der Waals surface area contributed by atoms with Gasteiger partial charge in [-0.2, -0.15) is 0 Å². The zero-order valence-electron chi connectivity index (χ0n) is 22.7. The molecular weight excluding hydrogens is 472 g/mol. The van der Waals surface area contributed by atoms with Crippen molar-refractivity contribution < 1.29 is 14.3 Å². The molecule has 0 N–H and O–H groups in total. The van der Waals surface area contributed by atoms with Gasteiger partial charge in [0.2, 0.25) is 0 Å². The Kier molecular flexibility index (Phi) is 14.5. The van der Waals surface area contributed by atoms with Gasteiger partial charge in [0.05, 0.1) is 17.9 Å². The summed E-state index contributed by atoms with van der Waals surface area (Å²) in [7, 11) is 0. The number of halogens is 1. The molecule has 36 heavy (non-hydrogen) atoms. The molecule has 1 heterocycles. The highest BCUT2D eigenvalue weighted by Gasteiger charge is 2.24. The van der Waals surface area contributed by atoms with Crippen LogP contribution in [0.25, 0.3) is 11.1 Å². The molecule has 200 valence electrons. The minimum atomic E-state index is -0.318. The maximum atomic E-state index is 12.9. The molecule has 3 atom stereocenters. The third-order valence-corrected chi connectivity index (χ3v) is 7.29. The van der Waals surface area contributed by atoms with Gasteiger partial charge in [0.1, 0.15) is 6.61 Å². The Hall–Kier alpha value is -2.14. The lowest BCUT2D eigenvalue weighted by molar-refractivity contribution is -0.145. The fraction of sp³-hybridized carbons (Fsp3) is 0.633. The van der Waals surface area contributed by atoms with Crippen LogP contribution in [0.3, 0.4) is 0 Å². The van der Waals surface area contributed by atoms with Crippen LogP contribution in [0.5, 0.6) is 6.01 Å². The summed E-state index contributed by atoms with van der Waals surface area (Å²) < 4.78 is 11.4. The largest absolute Gasteiger partial charge is 0.464 e. The minimum absolute atomic E-state index is 0.170. The van der Waals surface area contributed by atoms with Crippen molar-refractivity contribution in [3.05, 3.63) is 42.2 Å². The molecule has 0 aliphatic heterocycles. The number of benzene rings is 1. The predicted octanol–water partition coefficient (Wildman–Crippen LogP) is 8.35. The first-order valence-electron chi connectivity index (χ1n) is 13.9. The summed E-state index contributed by atoms with van der Waals surface area (Å²) in [5.41, 5.74) is 2.80. The number of carbonyl (C=O) groups is 1. The monoisotopic (exact) mass is 516 g/mol. The van der Waals surface area contributed by atoms with E-state index in [2.05, 4.69) is 37.7 Å². The maximum Gasteiger partial charge on any atom is 0.316 e. The maximum absolute atomic E-state index is 12.9. The number of carbonyl (C=O) groups excluding carboxylic acids is 1. The Morgan fingerprint density at radius 3 is 2.31 bits per heavy atom. The minimum Gasteiger partial charge on any atom is -0.464 e. The van der Waals surface area contributed by atoms with Crippen LogP contribution in [0, 0.1) is 5.92 Å². The van der Waals surface area contributed by atoms with E-state index in [0.29, 0.717) is 18.5 Å². The van der Waals surface area contributed by atoms with Crippen molar-refractivity contribution in [3.8, 4) is 17.1 Å². The molecule has 2 aromatic rings.